The van der Waals surface area contributed by atoms with Gasteiger partial charge in [-0.1, -0.05) is 31.2 Å². The molecule has 0 bridgehead atoms. The van der Waals surface area contributed by atoms with E-state index < -0.39 is 11.8 Å². The number of hydrogen-bond donors (Lipinski definition) is 2. The number of carboxylic acid groups (broad SMARTS) is 1. The van der Waals surface area contributed by atoms with Gasteiger partial charge in [0.15, 0.2) is 0 Å². The van der Waals surface area contributed by atoms with Crippen LogP contribution in [0.2, 0.25) is 0 Å². The molecule has 154 valence electrons. The van der Waals surface area contributed by atoms with Gasteiger partial charge in [0.2, 0.25) is 5.91 Å². The number of halogens is 1. The van der Waals surface area contributed by atoms with Crippen LogP contribution in [0.25, 0.3) is 11.1 Å². The summed E-state index contributed by atoms with van der Waals surface area (Å²) in [5.41, 5.74) is 2.09. The topological polar surface area (TPSA) is 75.6 Å². The van der Waals surface area contributed by atoms with Gasteiger partial charge < -0.3 is 15.2 Å². The summed E-state index contributed by atoms with van der Waals surface area (Å²) in [6.07, 6.45) is 1.08. The first kappa shape index (κ1) is 20.1. The lowest BCUT2D eigenvalue weighted by Gasteiger charge is -2.24. The summed E-state index contributed by atoms with van der Waals surface area (Å²) in [5, 5.41) is 12.6. The lowest BCUT2D eigenvalue weighted by molar-refractivity contribution is -0.116. The number of amides is 1. The lowest BCUT2D eigenvalue weighted by atomic mass is 9.88. The van der Waals surface area contributed by atoms with Crippen LogP contribution in [0.1, 0.15) is 45.8 Å². The van der Waals surface area contributed by atoms with E-state index in [0.29, 0.717) is 29.2 Å². The molecule has 0 saturated carbocycles. The first-order valence-electron chi connectivity index (χ1n) is 9.66. The van der Waals surface area contributed by atoms with Gasteiger partial charge in [-0.25, -0.2) is 9.18 Å². The van der Waals surface area contributed by atoms with E-state index in [1.54, 1.807) is 6.07 Å². The SMILES string of the molecule is CCCOc1cccc([C@H]2CC(=O)Nc3c2sc(C(=O)O)c3-c2cccc(F)c2)c1. The molecule has 1 amide bonds. The van der Waals surface area contributed by atoms with Gasteiger partial charge in [0.05, 0.1) is 12.3 Å². The standard InChI is InChI=1S/C23H20FNO4S/c1-2-9-29-16-8-4-5-13(11-16)17-12-18(26)25-20-19(14-6-3-7-15(24)10-14)22(23(27)28)30-21(17)20/h3-8,10-11,17H,2,9,12H2,1H3,(H,25,26)(H,27,28)/t17-/m1/s1. The quantitative estimate of drug-likeness (QED) is 0.546. The minimum atomic E-state index is -1.11. The predicted molar refractivity (Wildman–Crippen MR) is 114 cm³/mol. The highest BCUT2D eigenvalue weighted by atomic mass is 32.1. The van der Waals surface area contributed by atoms with E-state index in [0.717, 1.165) is 28.2 Å². The summed E-state index contributed by atoms with van der Waals surface area (Å²) < 4.78 is 19.6. The van der Waals surface area contributed by atoms with Crippen LogP contribution in [-0.4, -0.2) is 23.6 Å². The molecule has 1 aliphatic rings. The van der Waals surface area contributed by atoms with Crippen LogP contribution in [0.3, 0.4) is 0 Å². The molecule has 0 radical (unpaired) electrons. The zero-order valence-corrected chi connectivity index (χ0v) is 17.1. The Morgan fingerprint density at radius 2 is 2.07 bits per heavy atom. The van der Waals surface area contributed by atoms with Gasteiger partial charge in [0.25, 0.3) is 0 Å². The number of rotatable bonds is 6. The average Bonchev–Trinajstić information content (AvgIpc) is 3.11. The van der Waals surface area contributed by atoms with Crippen molar-refractivity contribution in [2.45, 2.75) is 25.7 Å². The summed E-state index contributed by atoms with van der Waals surface area (Å²) >= 11 is 1.12. The minimum absolute atomic E-state index is 0.0798. The number of ether oxygens (including phenoxy) is 1. The molecule has 0 saturated heterocycles. The third-order valence-corrected chi connectivity index (χ3v) is 6.24. The molecule has 7 heteroatoms. The number of thiophene rings is 1. The molecule has 4 rings (SSSR count). The molecule has 30 heavy (non-hydrogen) atoms. The Morgan fingerprint density at radius 1 is 1.27 bits per heavy atom. The van der Waals surface area contributed by atoms with Crippen molar-refractivity contribution < 1.29 is 23.8 Å². The zero-order chi connectivity index (χ0) is 21.3. The smallest absolute Gasteiger partial charge is 0.346 e. The Bertz CT molecular complexity index is 1120. The Kier molecular flexibility index (Phi) is 5.55. The second-order valence-corrected chi connectivity index (χ2v) is 8.14. The van der Waals surface area contributed by atoms with Crippen molar-refractivity contribution in [3.8, 4) is 16.9 Å². The molecule has 1 aliphatic heterocycles. The molecular formula is C23H20FNO4S. The molecule has 1 atom stereocenters. The van der Waals surface area contributed by atoms with Gasteiger partial charge in [-0.2, -0.15) is 0 Å². The highest BCUT2D eigenvalue weighted by Crippen LogP contribution is 2.49. The van der Waals surface area contributed by atoms with E-state index in [-0.39, 0.29) is 23.1 Å². The van der Waals surface area contributed by atoms with Crippen LogP contribution in [0.4, 0.5) is 10.1 Å². The van der Waals surface area contributed by atoms with Crippen LogP contribution in [0, 0.1) is 5.82 Å². The zero-order valence-electron chi connectivity index (χ0n) is 16.3. The van der Waals surface area contributed by atoms with Crippen molar-refractivity contribution in [1.82, 2.24) is 0 Å². The van der Waals surface area contributed by atoms with E-state index in [9.17, 15) is 19.1 Å². The summed E-state index contributed by atoms with van der Waals surface area (Å²) in [6, 6.07) is 13.3. The second kappa shape index (κ2) is 8.28. The molecule has 0 fully saturated rings. The summed E-state index contributed by atoms with van der Waals surface area (Å²) in [5.74, 6) is -1.38. The van der Waals surface area contributed by atoms with Gasteiger partial charge >= 0.3 is 5.97 Å². The maximum atomic E-state index is 13.8. The Morgan fingerprint density at radius 3 is 2.80 bits per heavy atom. The van der Waals surface area contributed by atoms with Crippen LogP contribution in [0.5, 0.6) is 5.75 Å². The van der Waals surface area contributed by atoms with Crippen molar-refractivity contribution in [2.75, 3.05) is 11.9 Å². The van der Waals surface area contributed by atoms with E-state index in [4.69, 9.17) is 4.74 Å². The number of aromatic carboxylic acids is 1. The van der Waals surface area contributed by atoms with Crippen LogP contribution in [-0.2, 0) is 4.79 Å². The predicted octanol–water partition coefficient (Wildman–Crippen LogP) is 5.52. The second-order valence-electron chi connectivity index (χ2n) is 7.09. The summed E-state index contributed by atoms with van der Waals surface area (Å²) in [6.45, 7) is 2.61. The Labute approximate surface area is 177 Å². The van der Waals surface area contributed by atoms with Crippen molar-refractivity contribution in [2.24, 2.45) is 0 Å². The molecule has 1 aromatic heterocycles. The molecule has 0 aliphatic carbocycles. The maximum absolute atomic E-state index is 13.8. The highest BCUT2D eigenvalue weighted by Gasteiger charge is 2.34. The van der Waals surface area contributed by atoms with Gasteiger partial charge in [-0.3, -0.25) is 4.79 Å². The normalized spacial score (nSPS) is 15.4. The van der Waals surface area contributed by atoms with Crippen LogP contribution >= 0.6 is 11.3 Å². The van der Waals surface area contributed by atoms with E-state index >= 15 is 0 Å². The molecule has 0 unspecified atom stereocenters. The summed E-state index contributed by atoms with van der Waals surface area (Å²) in [4.78, 5) is 25.3. The first-order valence-corrected chi connectivity index (χ1v) is 10.5. The molecule has 5 nitrogen and oxygen atoms in total. The number of fused-ring (bicyclic) bond motifs is 1. The largest absolute Gasteiger partial charge is 0.494 e. The van der Waals surface area contributed by atoms with E-state index in [2.05, 4.69) is 5.32 Å². The number of carbonyl (C=O) groups is 2. The van der Waals surface area contributed by atoms with Gasteiger partial charge in [-0.05, 0) is 41.8 Å². The average molecular weight is 425 g/mol. The lowest BCUT2D eigenvalue weighted by Crippen LogP contribution is -2.22. The van der Waals surface area contributed by atoms with Crippen molar-refractivity contribution >= 4 is 28.9 Å². The van der Waals surface area contributed by atoms with Gasteiger partial charge in [-0.15, -0.1) is 11.3 Å². The van der Waals surface area contributed by atoms with Crippen LogP contribution < -0.4 is 10.1 Å². The molecule has 2 heterocycles. The Balaban J connectivity index is 1.85. The van der Waals surface area contributed by atoms with Crippen molar-refractivity contribution in [1.29, 1.82) is 0 Å². The third kappa shape index (κ3) is 3.80. The number of carboxylic acids is 1. The molecule has 2 N–H and O–H groups in total. The maximum Gasteiger partial charge on any atom is 0.346 e. The fraction of sp³-hybridized carbons (Fsp3) is 0.217. The monoisotopic (exact) mass is 425 g/mol. The minimum Gasteiger partial charge on any atom is -0.494 e. The number of anilines is 1. The fourth-order valence-electron chi connectivity index (χ4n) is 3.67. The molecular weight excluding hydrogens is 405 g/mol. The molecule has 2 aromatic carbocycles. The number of nitrogens with one attached hydrogen (secondary N) is 1. The molecule has 3 aromatic rings. The highest BCUT2D eigenvalue weighted by molar-refractivity contribution is 7.15. The van der Waals surface area contributed by atoms with Gasteiger partial charge in [0, 0.05) is 22.8 Å². The molecule has 0 spiro atoms. The van der Waals surface area contributed by atoms with Crippen LogP contribution in [0.15, 0.2) is 48.5 Å². The Hall–Kier alpha value is -3.19. The first-order chi connectivity index (χ1) is 14.5. The van der Waals surface area contributed by atoms with Crippen molar-refractivity contribution in [3.05, 3.63) is 69.7 Å². The van der Waals surface area contributed by atoms with E-state index in [1.165, 1.54) is 18.2 Å². The van der Waals surface area contributed by atoms with Gasteiger partial charge in [0.1, 0.15) is 16.4 Å². The summed E-state index contributed by atoms with van der Waals surface area (Å²) in [7, 11) is 0. The third-order valence-electron chi connectivity index (χ3n) is 4.95. The van der Waals surface area contributed by atoms with E-state index in [1.807, 2.05) is 31.2 Å². The number of benzene rings is 2. The van der Waals surface area contributed by atoms with Crippen molar-refractivity contribution in [3.63, 3.8) is 0 Å². The fourth-order valence-corrected chi connectivity index (χ4v) is 4.91. The number of carbonyl (C=O) groups excluding carboxylic acids is 1. The number of hydrogen-bond acceptors (Lipinski definition) is 4.